The van der Waals surface area contributed by atoms with Crippen molar-refractivity contribution in [1.82, 2.24) is 15.4 Å². The van der Waals surface area contributed by atoms with E-state index in [4.69, 9.17) is 21.4 Å². The molecule has 0 amide bonds. The van der Waals surface area contributed by atoms with E-state index in [-0.39, 0.29) is 11.6 Å². The lowest BCUT2D eigenvalue weighted by Crippen LogP contribution is -1.99. The number of hydrogen-bond donors (Lipinski definition) is 2. The van der Waals surface area contributed by atoms with Crippen LogP contribution in [0.25, 0.3) is 0 Å². The number of rotatable bonds is 3. The van der Waals surface area contributed by atoms with E-state index in [1.54, 1.807) is 36.4 Å². The second kappa shape index (κ2) is 6.86. The molecule has 0 aliphatic rings. The number of carboxylic acids is 1. The molecule has 0 aliphatic heterocycles. The average molecular weight is 340 g/mol. The van der Waals surface area contributed by atoms with Gasteiger partial charge in [-0.3, -0.25) is 0 Å². The number of nitrogens with zero attached hydrogens (tertiary/aromatic N) is 2. The van der Waals surface area contributed by atoms with Crippen LogP contribution in [0.2, 0.25) is 5.02 Å². The molecule has 1 heterocycles. The summed E-state index contributed by atoms with van der Waals surface area (Å²) in [6.07, 6.45) is 0. The Bertz CT molecular complexity index is 939. The lowest BCUT2D eigenvalue weighted by molar-refractivity contribution is 0.0687. The SMILES string of the molecule is O=C(O)c1[nH]nnc1Oc1ccc(C#Cc2cccc(Cl)c2)cc1. The third-order valence-corrected chi connectivity index (χ3v) is 3.21. The molecule has 0 saturated heterocycles. The molecule has 0 radical (unpaired) electrons. The summed E-state index contributed by atoms with van der Waals surface area (Å²) < 4.78 is 5.39. The van der Waals surface area contributed by atoms with Gasteiger partial charge in [-0.2, -0.15) is 0 Å². The summed E-state index contributed by atoms with van der Waals surface area (Å²) in [5, 5.41) is 18.9. The lowest BCUT2D eigenvalue weighted by Gasteiger charge is -2.02. The van der Waals surface area contributed by atoms with E-state index < -0.39 is 5.97 Å². The summed E-state index contributed by atoms with van der Waals surface area (Å²) >= 11 is 5.91. The third kappa shape index (κ3) is 3.72. The zero-order valence-electron chi connectivity index (χ0n) is 12.2. The zero-order valence-corrected chi connectivity index (χ0v) is 12.9. The van der Waals surface area contributed by atoms with E-state index in [2.05, 4.69) is 27.3 Å². The Kier molecular flexibility index (Phi) is 4.45. The van der Waals surface area contributed by atoms with Crippen molar-refractivity contribution in [3.05, 3.63) is 70.4 Å². The van der Waals surface area contributed by atoms with Crippen LogP contribution in [0.5, 0.6) is 11.6 Å². The molecule has 3 rings (SSSR count). The largest absolute Gasteiger partial charge is 0.476 e. The predicted molar refractivity (Wildman–Crippen MR) is 87.3 cm³/mol. The van der Waals surface area contributed by atoms with Gasteiger partial charge in [0.2, 0.25) is 5.69 Å². The van der Waals surface area contributed by atoms with Gasteiger partial charge in [0.25, 0.3) is 5.88 Å². The number of nitrogens with one attached hydrogen (secondary N) is 1. The number of aromatic amines is 1. The van der Waals surface area contributed by atoms with E-state index >= 15 is 0 Å². The molecule has 0 bridgehead atoms. The van der Waals surface area contributed by atoms with Crippen molar-refractivity contribution in [3.63, 3.8) is 0 Å². The first kappa shape index (κ1) is 15.6. The second-order valence-electron chi connectivity index (χ2n) is 4.68. The molecule has 1 aromatic heterocycles. The van der Waals surface area contributed by atoms with Gasteiger partial charge in [0, 0.05) is 16.1 Å². The van der Waals surface area contributed by atoms with E-state index in [0.29, 0.717) is 10.8 Å². The summed E-state index contributed by atoms with van der Waals surface area (Å²) in [5.74, 6) is 5.16. The summed E-state index contributed by atoms with van der Waals surface area (Å²) in [7, 11) is 0. The molecule has 0 atom stereocenters. The van der Waals surface area contributed by atoms with Gasteiger partial charge in [-0.15, -0.1) is 0 Å². The third-order valence-electron chi connectivity index (χ3n) is 2.97. The Balaban J connectivity index is 1.74. The predicted octanol–water partition coefficient (Wildman–Crippen LogP) is 3.35. The van der Waals surface area contributed by atoms with E-state index in [1.165, 1.54) is 0 Å². The molecule has 6 nitrogen and oxygen atoms in total. The van der Waals surface area contributed by atoms with E-state index in [0.717, 1.165) is 11.1 Å². The van der Waals surface area contributed by atoms with E-state index in [1.807, 2.05) is 12.1 Å². The Morgan fingerprint density at radius 3 is 2.58 bits per heavy atom. The van der Waals surface area contributed by atoms with Crippen LogP contribution in [0.15, 0.2) is 48.5 Å². The molecular weight excluding hydrogens is 330 g/mol. The molecule has 7 heteroatoms. The lowest BCUT2D eigenvalue weighted by atomic mass is 10.2. The van der Waals surface area contributed by atoms with Gasteiger partial charge in [0.1, 0.15) is 5.75 Å². The van der Waals surface area contributed by atoms with Crippen LogP contribution in [0, 0.1) is 11.8 Å². The molecule has 2 aromatic carbocycles. The Hall–Kier alpha value is -3.30. The van der Waals surface area contributed by atoms with Gasteiger partial charge < -0.3 is 9.84 Å². The highest BCUT2D eigenvalue weighted by Gasteiger charge is 2.16. The fraction of sp³-hybridized carbons (Fsp3) is 0. The van der Waals surface area contributed by atoms with Crippen LogP contribution < -0.4 is 4.74 Å². The van der Waals surface area contributed by atoms with E-state index in [9.17, 15) is 4.79 Å². The first-order valence-electron chi connectivity index (χ1n) is 6.81. The number of aromatic nitrogens is 3. The van der Waals surface area contributed by atoms with Gasteiger partial charge in [0.05, 0.1) is 0 Å². The van der Waals surface area contributed by atoms with Crippen molar-refractivity contribution in [2.45, 2.75) is 0 Å². The fourth-order valence-electron chi connectivity index (χ4n) is 1.86. The van der Waals surface area contributed by atoms with Gasteiger partial charge in [-0.1, -0.05) is 39.8 Å². The number of carboxylic acid groups (broad SMARTS) is 1. The number of ether oxygens (including phenoxy) is 1. The maximum Gasteiger partial charge on any atom is 0.359 e. The summed E-state index contributed by atoms with van der Waals surface area (Å²) in [6.45, 7) is 0. The van der Waals surface area contributed by atoms with Crippen molar-refractivity contribution in [1.29, 1.82) is 0 Å². The molecule has 118 valence electrons. The number of H-pyrrole nitrogens is 1. The smallest absolute Gasteiger partial charge is 0.359 e. The molecule has 0 saturated carbocycles. The summed E-state index contributed by atoms with van der Waals surface area (Å²) in [5.41, 5.74) is 1.39. The topological polar surface area (TPSA) is 88.1 Å². The highest BCUT2D eigenvalue weighted by molar-refractivity contribution is 6.30. The standard InChI is InChI=1S/C17H10ClN3O3/c18-13-3-1-2-12(10-13)5-4-11-6-8-14(9-7-11)24-16-15(17(22)23)19-21-20-16/h1-3,6-10H,(H,22,23)(H,19,20,21). The highest BCUT2D eigenvalue weighted by atomic mass is 35.5. The van der Waals surface area contributed by atoms with Crippen LogP contribution >= 0.6 is 11.6 Å². The average Bonchev–Trinajstić information content (AvgIpc) is 3.03. The number of benzene rings is 2. The van der Waals surface area contributed by atoms with Crippen LogP contribution in [0.4, 0.5) is 0 Å². The quantitative estimate of drug-likeness (QED) is 0.714. The van der Waals surface area contributed by atoms with Crippen molar-refractivity contribution < 1.29 is 14.6 Å². The molecule has 3 aromatic rings. The molecule has 0 fully saturated rings. The van der Waals surface area contributed by atoms with Gasteiger partial charge in [-0.25, -0.2) is 9.89 Å². The van der Waals surface area contributed by atoms with Crippen molar-refractivity contribution in [2.24, 2.45) is 0 Å². The fourth-order valence-corrected chi connectivity index (χ4v) is 2.05. The molecular formula is C17H10ClN3O3. The molecule has 0 aliphatic carbocycles. The van der Waals surface area contributed by atoms with Gasteiger partial charge in [-0.05, 0) is 42.5 Å². The minimum Gasteiger partial charge on any atom is -0.476 e. The Morgan fingerprint density at radius 1 is 1.12 bits per heavy atom. The van der Waals surface area contributed by atoms with Crippen LogP contribution in [0.1, 0.15) is 21.6 Å². The summed E-state index contributed by atoms with van der Waals surface area (Å²) in [6, 6.07) is 14.1. The molecule has 2 N–H and O–H groups in total. The molecule has 0 spiro atoms. The van der Waals surface area contributed by atoms with Gasteiger partial charge in [0.15, 0.2) is 0 Å². The monoisotopic (exact) mass is 339 g/mol. The van der Waals surface area contributed by atoms with Crippen LogP contribution in [-0.2, 0) is 0 Å². The van der Waals surface area contributed by atoms with Crippen molar-refractivity contribution in [2.75, 3.05) is 0 Å². The number of aromatic carboxylic acids is 1. The van der Waals surface area contributed by atoms with Crippen molar-refractivity contribution >= 4 is 17.6 Å². The normalized spacial score (nSPS) is 9.88. The molecule has 24 heavy (non-hydrogen) atoms. The first-order chi connectivity index (χ1) is 11.6. The number of hydrogen-bond acceptors (Lipinski definition) is 4. The first-order valence-corrected chi connectivity index (χ1v) is 7.19. The highest BCUT2D eigenvalue weighted by Crippen LogP contribution is 2.21. The number of halogens is 1. The number of carbonyl (C=O) groups is 1. The van der Waals surface area contributed by atoms with Crippen LogP contribution in [-0.4, -0.2) is 26.5 Å². The Labute approximate surface area is 142 Å². The second-order valence-corrected chi connectivity index (χ2v) is 5.12. The minimum atomic E-state index is -1.20. The Morgan fingerprint density at radius 2 is 1.88 bits per heavy atom. The van der Waals surface area contributed by atoms with Gasteiger partial charge >= 0.3 is 5.97 Å². The zero-order chi connectivity index (χ0) is 16.9. The van der Waals surface area contributed by atoms with Crippen molar-refractivity contribution in [3.8, 4) is 23.5 Å². The maximum absolute atomic E-state index is 11.0. The summed E-state index contributed by atoms with van der Waals surface area (Å²) in [4.78, 5) is 11.0. The minimum absolute atomic E-state index is 0.0970. The van der Waals surface area contributed by atoms with Crippen LogP contribution in [0.3, 0.4) is 0 Å². The molecule has 0 unspecified atom stereocenters. The maximum atomic E-state index is 11.0.